The largest absolute Gasteiger partial charge is 0.320 e. The number of benzene rings is 1. The Hall–Kier alpha value is -3.41. The molecule has 1 aliphatic carbocycles. The van der Waals surface area contributed by atoms with Crippen LogP contribution in [0.1, 0.15) is 58.6 Å². The predicted molar refractivity (Wildman–Crippen MR) is 116 cm³/mol. The van der Waals surface area contributed by atoms with Crippen LogP contribution in [0.4, 0.5) is 15.8 Å². The van der Waals surface area contributed by atoms with Crippen LogP contribution in [0.15, 0.2) is 53.8 Å². The number of carbonyl (C=O) groups is 1. The lowest BCUT2D eigenvalue weighted by Crippen LogP contribution is -2.14. The van der Waals surface area contributed by atoms with E-state index < -0.39 is 0 Å². The second-order valence-corrected chi connectivity index (χ2v) is 7.67. The summed E-state index contributed by atoms with van der Waals surface area (Å²) in [5.74, 6) is -0.229. The SMILES string of the molecule is CC(=Nc1c(C(=O)Nc2cnc(C)cc2C)ccnc1C1CC1)c1ccc(F)cc1. The number of pyridine rings is 2. The summed E-state index contributed by atoms with van der Waals surface area (Å²) in [5, 5.41) is 2.95. The quantitative estimate of drug-likeness (QED) is 0.573. The lowest BCUT2D eigenvalue weighted by atomic mass is 10.1. The van der Waals surface area contributed by atoms with E-state index in [0.29, 0.717) is 28.6 Å². The highest BCUT2D eigenvalue weighted by atomic mass is 19.1. The highest BCUT2D eigenvalue weighted by Crippen LogP contribution is 2.44. The molecule has 1 saturated carbocycles. The van der Waals surface area contributed by atoms with Crippen LogP contribution < -0.4 is 5.32 Å². The van der Waals surface area contributed by atoms with Crippen molar-refractivity contribution in [1.82, 2.24) is 9.97 Å². The van der Waals surface area contributed by atoms with Crippen molar-refractivity contribution in [2.75, 3.05) is 5.32 Å². The molecule has 1 fully saturated rings. The number of nitrogens with one attached hydrogen (secondary N) is 1. The maximum Gasteiger partial charge on any atom is 0.258 e. The number of aromatic nitrogens is 2. The average molecular weight is 402 g/mol. The zero-order valence-electron chi connectivity index (χ0n) is 17.2. The van der Waals surface area contributed by atoms with Crippen molar-refractivity contribution in [2.24, 2.45) is 4.99 Å². The molecule has 5 nitrogen and oxygen atoms in total. The Morgan fingerprint density at radius 2 is 1.87 bits per heavy atom. The molecule has 1 aliphatic rings. The van der Waals surface area contributed by atoms with Crippen molar-refractivity contribution in [2.45, 2.75) is 39.5 Å². The summed E-state index contributed by atoms with van der Waals surface area (Å²) in [6.07, 6.45) is 5.40. The Kier molecular flexibility index (Phi) is 5.40. The van der Waals surface area contributed by atoms with E-state index in [-0.39, 0.29) is 11.7 Å². The molecule has 6 heteroatoms. The number of hydrogen-bond acceptors (Lipinski definition) is 4. The highest BCUT2D eigenvalue weighted by molar-refractivity contribution is 6.09. The fourth-order valence-electron chi connectivity index (χ4n) is 3.37. The molecule has 152 valence electrons. The van der Waals surface area contributed by atoms with Gasteiger partial charge in [-0.2, -0.15) is 0 Å². The third kappa shape index (κ3) is 4.27. The molecule has 0 aliphatic heterocycles. The van der Waals surface area contributed by atoms with E-state index in [0.717, 1.165) is 35.4 Å². The molecular formula is C24H23FN4O. The summed E-state index contributed by atoms with van der Waals surface area (Å²) in [6, 6.07) is 9.79. The molecule has 1 aromatic carbocycles. The first-order valence-electron chi connectivity index (χ1n) is 9.97. The van der Waals surface area contributed by atoms with Crippen LogP contribution in [-0.2, 0) is 0 Å². The van der Waals surface area contributed by atoms with E-state index in [1.807, 2.05) is 26.8 Å². The second-order valence-electron chi connectivity index (χ2n) is 7.67. The predicted octanol–water partition coefficient (Wildman–Crippen LogP) is 5.50. The molecule has 0 atom stereocenters. The molecule has 1 N–H and O–H groups in total. The monoisotopic (exact) mass is 402 g/mol. The lowest BCUT2D eigenvalue weighted by molar-refractivity contribution is 0.102. The minimum atomic E-state index is -0.297. The van der Waals surface area contributed by atoms with Crippen molar-refractivity contribution in [3.8, 4) is 0 Å². The van der Waals surface area contributed by atoms with Crippen LogP contribution >= 0.6 is 0 Å². The van der Waals surface area contributed by atoms with Gasteiger partial charge in [0.05, 0.1) is 28.8 Å². The molecule has 2 heterocycles. The Bertz CT molecular complexity index is 1130. The summed E-state index contributed by atoms with van der Waals surface area (Å²) in [7, 11) is 0. The van der Waals surface area contributed by atoms with Gasteiger partial charge in [0.1, 0.15) is 5.82 Å². The highest BCUT2D eigenvalue weighted by Gasteiger charge is 2.30. The number of hydrogen-bond donors (Lipinski definition) is 1. The fraction of sp³-hybridized carbons (Fsp3) is 0.250. The van der Waals surface area contributed by atoms with Gasteiger partial charge in [-0.25, -0.2) is 4.39 Å². The first-order chi connectivity index (χ1) is 14.4. The number of halogens is 1. The van der Waals surface area contributed by atoms with Crippen molar-refractivity contribution in [3.63, 3.8) is 0 Å². The first kappa shape index (κ1) is 19.9. The third-order valence-corrected chi connectivity index (χ3v) is 5.20. The van der Waals surface area contributed by atoms with Gasteiger partial charge in [-0.3, -0.25) is 19.8 Å². The second kappa shape index (κ2) is 8.14. The molecular weight excluding hydrogens is 379 g/mol. The summed E-state index contributed by atoms with van der Waals surface area (Å²) >= 11 is 0. The summed E-state index contributed by atoms with van der Waals surface area (Å²) in [4.78, 5) is 26.7. The maximum atomic E-state index is 13.3. The van der Waals surface area contributed by atoms with E-state index in [1.54, 1.807) is 30.6 Å². The van der Waals surface area contributed by atoms with Gasteiger partial charge in [0.15, 0.2) is 0 Å². The van der Waals surface area contributed by atoms with Crippen LogP contribution in [0, 0.1) is 19.7 Å². The number of nitrogens with zero attached hydrogens (tertiary/aromatic N) is 3. The standard InChI is InChI=1S/C24H23FN4O/c1-14-12-15(2)27-13-21(14)29-24(30)20-10-11-26-22(18-4-5-18)23(20)28-16(3)17-6-8-19(25)9-7-17/h6-13,18H,4-5H2,1-3H3,(H,29,30). The molecule has 1 amide bonds. The first-order valence-corrected chi connectivity index (χ1v) is 9.97. The Balaban J connectivity index is 1.73. The third-order valence-electron chi connectivity index (χ3n) is 5.20. The van der Waals surface area contributed by atoms with Gasteiger partial charge < -0.3 is 5.32 Å². The molecule has 3 aromatic rings. The van der Waals surface area contributed by atoms with Gasteiger partial charge >= 0.3 is 0 Å². The van der Waals surface area contributed by atoms with Gasteiger partial charge in [-0.15, -0.1) is 0 Å². The van der Waals surface area contributed by atoms with E-state index >= 15 is 0 Å². The van der Waals surface area contributed by atoms with E-state index in [9.17, 15) is 9.18 Å². The number of rotatable bonds is 5. The summed E-state index contributed by atoms with van der Waals surface area (Å²) in [6.45, 7) is 5.70. The van der Waals surface area contributed by atoms with Crippen molar-refractivity contribution < 1.29 is 9.18 Å². The molecule has 0 bridgehead atoms. The number of anilines is 1. The molecule has 0 spiro atoms. The molecule has 4 rings (SSSR count). The number of aryl methyl sites for hydroxylation is 2. The Labute approximate surface area is 175 Å². The summed E-state index contributed by atoms with van der Waals surface area (Å²) in [5.41, 5.74) is 5.89. The van der Waals surface area contributed by atoms with Gasteiger partial charge in [0.25, 0.3) is 5.91 Å². The lowest BCUT2D eigenvalue weighted by Gasteiger charge is -2.13. The molecule has 0 saturated heterocycles. The van der Waals surface area contributed by atoms with Crippen LogP contribution in [0.2, 0.25) is 0 Å². The normalized spacial score (nSPS) is 13.9. The van der Waals surface area contributed by atoms with Gasteiger partial charge in [0, 0.05) is 23.5 Å². The average Bonchev–Trinajstić information content (AvgIpc) is 3.56. The van der Waals surface area contributed by atoms with E-state index in [1.165, 1.54) is 12.1 Å². The zero-order chi connectivity index (χ0) is 21.3. The van der Waals surface area contributed by atoms with Crippen LogP contribution in [0.3, 0.4) is 0 Å². The number of aliphatic imine (C=N–C) groups is 1. The molecule has 0 radical (unpaired) electrons. The minimum Gasteiger partial charge on any atom is -0.320 e. The molecule has 0 unspecified atom stereocenters. The zero-order valence-corrected chi connectivity index (χ0v) is 17.2. The van der Waals surface area contributed by atoms with Crippen LogP contribution in [0.5, 0.6) is 0 Å². The van der Waals surface area contributed by atoms with E-state index in [2.05, 4.69) is 15.3 Å². The fourth-order valence-corrected chi connectivity index (χ4v) is 3.37. The number of carbonyl (C=O) groups excluding carboxylic acids is 1. The van der Waals surface area contributed by atoms with Crippen molar-refractivity contribution >= 4 is 23.0 Å². The molecule has 2 aromatic heterocycles. The Morgan fingerprint density at radius 1 is 1.13 bits per heavy atom. The van der Waals surface area contributed by atoms with Crippen molar-refractivity contribution in [1.29, 1.82) is 0 Å². The minimum absolute atomic E-state index is 0.251. The van der Waals surface area contributed by atoms with Crippen LogP contribution in [-0.4, -0.2) is 21.6 Å². The summed E-state index contributed by atoms with van der Waals surface area (Å²) < 4.78 is 13.3. The topological polar surface area (TPSA) is 67.2 Å². The van der Waals surface area contributed by atoms with E-state index in [4.69, 9.17) is 4.99 Å². The van der Waals surface area contributed by atoms with Crippen LogP contribution in [0.25, 0.3) is 0 Å². The number of amides is 1. The van der Waals surface area contributed by atoms with Gasteiger partial charge in [-0.1, -0.05) is 12.1 Å². The smallest absolute Gasteiger partial charge is 0.258 e. The molecule has 30 heavy (non-hydrogen) atoms. The van der Waals surface area contributed by atoms with Gasteiger partial charge in [0.2, 0.25) is 0 Å². The van der Waals surface area contributed by atoms with Crippen molar-refractivity contribution in [3.05, 3.63) is 82.7 Å². The Morgan fingerprint density at radius 3 is 2.53 bits per heavy atom. The maximum absolute atomic E-state index is 13.3. The van der Waals surface area contributed by atoms with Gasteiger partial charge in [-0.05, 0) is 69.0 Å².